The molecular formula is C28H27N3O4S. The van der Waals surface area contributed by atoms with Crippen LogP contribution in [0.1, 0.15) is 22.3 Å². The lowest BCUT2D eigenvalue weighted by Crippen LogP contribution is -2.20. The van der Waals surface area contributed by atoms with Crippen LogP contribution in [0.2, 0.25) is 0 Å². The zero-order valence-corrected chi connectivity index (χ0v) is 21.4. The molecule has 1 aliphatic rings. The Balaban J connectivity index is 1.43. The molecule has 1 aliphatic heterocycles. The van der Waals surface area contributed by atoms with Gasteiger partial charge in [0.05, 0.1) is 17.7 Å². The lowest BCUT2D eigenvalue weighted by molar-refractivity contribution is -0.118. The lowest BCUT2D eigenvalue weighted by Gasteiger charge is -2.12. The molecule has 0 saturated carbocycles. The maximum atomic E-state index is 12.5. The molecule has 0 atom stereocenters. The van der Waals surface area contributed by atoms with Gasteiger partial charge in [0.25, 0.3) is 11.8 Å². The van der Waals surface area contributed by atoms with Crippen LogP contribution in [-0.2, 0) is 9.59 Å². The smallest absolute Gasteiger partial charge is 0.264 e. The minimum atomic E-state index is -0.271. The van der Waals surface area contributed by atoms with Gasteiger partial charge in [-0.15, -0.1) is 0 Å². The first-order chi connectivity index (χ1) is 17.3. The van der Waals surface area contributed by atoms with Crippen LogP contribution >= 0.6 is 11.8 Å². The van der Waals surface area contributed by atoms with E-state index in [0.29, 0.717) is 21.6 Å². The number of anilines is 1. The van der Waals surface area contributed by atoms with Crippen molar-refractivity contribution in [3.63, 3.8) is 0 Å². The molecule has 4 rings (SSSR count). The number of thioether (sulfide) groups is 1. The third-order valence-electron chi connectivity index (χ3n) is 5.49. The van der Waals surface area contributed by atoms with E-state index in [-0.39, 0.29) is 18.4 Å². The van der Waals surface area contributed by atoms with Gasteiger partial charge in [-0.3, -0.25) is 9.59 Å². The average molecular weight is 502 g/mol. The summed E-state index contributed by atoms with van der Waals surface area (Å²) in [4.78, 5) is 29.9. The van der Waals surface area contributed by atoms with Crippen molar-refractivity contribution in [1.82, 2.24) is 5.32 Å². The Hall–Kier alpha value is -4.04. The number of benzene rings is 3. The molecule has 184 valence electrons. The molecule has 36 heavy (non-hydrogen) atoms. The monoisotopic (exact) mass is 501 g/mol. The second-order valence-corrected chi connectivity index (χ2v) is 9.36. The number of para-hydroxylation sites is 1. The molecule has 0 radical (unpaired) electrons. The number of carbonyl (C=O) groups excluding carboxylic acids is 2. The Morgan fingerprint density at radius 2 is 1.83 bits per heavy atom. The molecule has 7 nitrogen and oxygen atoms in total. The molecule has 1 heterocycles. The number of methoxy groups -OCH3 is 1. The number of amides is 2. The van der Waals surface area contributed by atoms with Crippen molar-refractivity contribution < 1.29 is 19.1 Å². The number of hydrogen-bond acceptors (Lipinski definition) is 6. The summed E-state index contributed by atoms with van der Waals surface area (Å²) in [5, 5.41) is 6.19. The van der Waals surface area contributed by atoms with Crippen molar-refractivity contribution >= 4 is 46.2 Å². The Bertz CT molecular complexity index is 1380. The van der Waals surface area contributed by atoms with Crippen LogP contribution in [0.5, 0.6) is 11.5 Å². The molecule has 2 amide bonds. The van der Waals surface area contributed by atoms with Crippen molar-refractivity contribution in [2.24, 2.45) is 4.99 Å². The van der Waals surface area contributed by atoms with Crippen LogP contribution in [0.15, 0.2) is 70.6 Å². The molecule has 0 bridgehead atoms. The van der Waals surface area contributed by atoms with Crippen molar-refractivity contribution in [3.8, 4) is 11.5 Å². The Labute approximate surface area is 214 Å². The second-order valence-electron chi connectivity index (χ2n) is 8.33. The molecule has 3 aromatic rings. The highest BCUT2D eigenvalue weighted by atomic mass is 32.2. The van der Waals surface area contributed by atoms with Gasteiger partial charge in [-0.05, 0) is 79.6 Å². The molecule has 1 saturated heterocycles. The summed E-state index contributed by atoms with van der Waals surface area (Å²) in [6.45, 7) is 5.78. The number of amidine groups is 1. The highest BCUT2D eigenvalue weighted by Crippen LogP contribution is 2.33. The fourth-order valence-electron chi connectivity index (χ4n) is 3.61. The van der Waals surface area contributed by atoms with Gasteiger partial charge in [0, 0.05) is 5.69 Å². The van der Waals surface area contributed by atoms with E-state index in [0.717, 1.165) is 33.6 Å². The highest BCUT2D eigenvalue weighted by molar-refractivity contribution is 8.18. The summed E-state index contributed by atoms with van der Waals surface area (Å²) in [6, 6.07) is 18.8. The van der Waals surface area contributed by atoms with E-state index in [4.69, 9.17) is 9.47 Å². The minimum Gasteiger partial charge on any atom is -0.493 e. The first-order valence-electron chi connectivity index (χ1n) is 11.4. The van der Waals surface area contributed by atoms with E-state index in [1.165, 1.54) is 18.9 Å². The van der Waals surface area contributed by atoms with Gasteiger partial charge in [0.2, 0.25) is 0 Å². The fraction of sp³-hybridized carbons (Fsp3) is 0.179. The van der Waals surface area contributed by atoms with Crippen LogP contribution in [-0.4, -0.2) is 30.7 Å². The Morgan fingerprint density at radius 3 is 2.58 bits per heavy atom. The standard InChI is InChI=1S/C28H27N3O4S/c1-17-9-11-22(19(3)13-17)30-28-31-27(33)25(36-28)15-20-10-12-23(24(14-20)34-4)35-16-26(32)29-21-8-6-5-7-18(21)2/h5-15H,16H2,1-4H3,(H,29,32)(H,30,31,33)/b25-15+. The lowest BCUT2D eigenvalue weighted by atomic mass is 10.1. The molecular weight excluding hydrogens is 474 g/mol. The third-order valence-corrected chi connectivity index (χ3v) is 6.40. The molecule has 0 unspecified atom stereocenters. The summed E-state index contributed by atoms with van der Waals surface area (Å²) in [7, 11) is 1.53. The van der Waals surface area contributed by atoms with Gasteiger partial charge in [0.15, 0.2) is 23.3 Å². The van der Waals surface area contributed by atoms with Gasteiger partial charge < -0.3 is 20.1 Å². The van der Waals surface area contributed by atoms with Crippen molar-refractivity contribution in [2.75, 3.05) is 19.0 Å². The second kappa shape index (κ2) is 11.1. The maximum absolute atomic E-state index is 12.5. The Kier molecular flexibility index (Phi) is 7.75. The molecule has 0 aliphatic carbocycles. The highest BCUT2D eigenvalue weighted by Gasteiger charge is 2.24. The number of aliphatic imine (C=N–C) groups is 1. The van der Waals surface area contributed by atoms with E-state index in [1.54, 1.807) is 24.3 Å². The van der Waals surface area contributed by atoms with E-state index in [1.807, 2.05) is 57.2 Å². The third kappa shape index (κ3) is 6.14. The fourth-order valence-corrected chi connectivity index (χ4v) is 4.44. The average Bonchev–Trinajstić information content (AvgIpc) is 3.19. The summed E-state index contributed by atoms with van der Waals surface area (Å²) in [5.74, 6) is 0.406. The topological polar surface area (TPSA) is 89.0 Å². The molecule has 0 aromatic heterocycles. The molecule has 2 N–H and O–H groups in total. The number of hydrogen-bond donors (Lipinski definition) is 2. The van der Waals surface area contributed by atoms with Crippen molar-refractivity contribution in [3.05, 3.63) is 87.8 Å². The van der Waals surface area contributed by atoms with Crippen LogP contribution in [0.3, 0.4) is 0 Å². The van der Waals surface area contributed by atoms with E-state index < -0.39 is 0 Å². The Morgan fingerprint density at radius 1 is 1.03 bits per heavy atom. The van der Waals surface area contributed by atoms with Gasteiger partial charge in [-0.1, -0.05) is 42.0 Å². The first-order valence-corrected chi connectivity index (χ1v) is 12.2. The summed E-state index contributed by atoms with van der Waals surface area (Å²) in [5.41, 5.74) is 5.49. The van der Waals surface area contributed by atoms with Crippen LogP contribution in [0.25, 0.3) is 6.08 Å². The van der Waals surface area contributed by atoms with E-state index >= 15 is 0 Å². The SMILES string of the molecule is COc1cc(/C=C2/SC(=Nc3ccc(C)cc3C)NC2=O)ccc1OCC(=O)Nc1ccccc1C. The predicted octanol–water partition coefficient (Wildman–Crippen LogP) is 5.53. The van der Waals surface area contributed by atoms with E-state index in [9.17, 15) is 9.59 Å². The number of carbonyl (C=O) groups is 2. The van der Waals surface area contributed by atoms with Crippen LogP contribution in [0.4, 0.5) is 11.4 Å². The number of nitrogens with one attached hydrogen (secondary N) is 2. The van der Waals surface area contributed by atoms with Crippen molar-refractivity contribution in [2.45, 2.75) is 20.8 Å². The van der Waals surface area contributed by atoms with Crippen LogP contribution in [0, 0.1) is 20.8 Å². The molecule has 3 aromatic carbocycles. The van der Waals surface area contributed by atoms with E-state index in [2.05, 4.69) is 21.7 Å². The summed E-state index contributed by atoms with van der Waals surface area (Å²) >= 11 is 1.28. The minimum absolute atomic E-state index is 0.165. The van der Waals surface area contributed by atoms with Gasteiger partial charge >= 0.3 is 0 Å². The van der Waals surface area contributed by atoms with Crippen LogP contribution < -0.4 is 20.1 Å². The predicted molar refractivity (Wildman–Crippen MR) is 145 cm³/mol. The number of aryl methyl sites for hydroxylation is 3. The first kappa shape index (κ1) is 25.1. The number of nitrogens with zero attached hydrogens (tertiary/aromatic N) is 1. The summed E-state index contributed by atoms with van der Waals surface area (Å²) < 4.78 is 11.1. The number of rotatable bonds is 7. The zero-order valence-electron chi connectivity index (χ0n) is 20.5. The largest absolute Gasteiger partial charge is 0.493 e. The number of ether oxygens (including phenoxy) is 2. The van der Waals surface area contributed by atoms with Gasteiger partial charge in [-0.2, -0.15) is 0 Å². The zero-order chi connectivity index (χ0) is 25.7. The quantitative estimate of drug-likeness (QED) is 0.416. The van der Waals surface area contributed by atoms with Gasteiger partial charge in [0.1, 0.15) is 0 Å². The molecule has 0 spiro atoms. The maximum Gasteiger partial charge on any atom is 0.264 e. The molecule has 8 heteroatoms. The summed E-state index contributed by atoms with van der Waals surface area (Å²) in [6.07, 6.45) is 1.77. The normalized spacial score (nSPS) is 15.2. The van der Waals surface area contributed by atoms with Gasteiger partial charge in [-0.25, -0.2) is 4.99 Å². The van der Waals surface area contributed by atoms with Crippen molar-refractivity contribution in [1.29, 1.82) is 0 Å². The molecule has 1 fully saturated rings.